The molecule has 0 aliphatic carbocycles. The lowest BCUT2D eigenvalue weighted by molar-refractivity contribution is 0.119. The summed E-state index contributed by atoms with van der Waals surface area (Å²) in [5.41, 5.74) is 0.913. The molecule has 1 rings (SSSR count). The van der Waals surface area contributed by atoms with E-state index in [0.29, 0.717) is 13.2 Å². The van der Waals surface area contributed by atoms with E-state index in [1.807, 2.05) is 14.1 Å². The van der Waals surface area contributed by atoms with Gasteiger partial charge in [-0.15, -0.1) is 0 Å². The molecule has 1 aromatic heterocycles. The predicted octanol–water partition coefficient (Wildman–Crippen LogP) is 0.455. The molecule has 0 saturated heterocycles. The Morgan fingerprint density at radius 3 is 2.82 bits per heavy atom. The molecular weight excluding hydrogens is 218 g/mol. The molecule has 0 atom stereocenters. The maximum absolute atomic E-state index is 9.06. The molecule has 0 aliphatic rings. The van der Waals surface area contributed by atoms with Crippen molar-refractivity contribution in [1.29, 1.82) is 0 Å². The number of aromatic nitrogens is 1. The largest absolute Gasteiger partial charge is 0.506 e. The molecule has 0 bridgehead atoms. The van der Waals surface area contributed by atoms with E-state index in [1.165, 1.54) is 6.20 Å². The zero-order valence-corrected chi connectivity index (χ0v) is 10.5. The molecular formula is C12H21N3O2. The highest BCUT2D eigenvalue weighted by Gasteiger charge is 1.95. The van der Waals surface area contributed by atoms with E-state index < -0.39 is 0 Å². The third kappa shape index (κ3) is 6.88. The van der Waals surface area contributed by atoms with Crippen LogP contribution in [0.2, 0.25) is 0 Å². The second-order valence-electron chi connectivity index (χ2n) is 4.10. The van der Waals surface area contributed by atoms with Gasteiger partial charge in [0.15, 0.2) is 0 Å². The van der Waals surface area contributed by atoms with Gasteiger partial charge in [0.05, 0.1) is 25.1 Å². The Hall–Kier alpha value is -1.17. The van der Waals surface area contributed by atoms with Crippen LogP contribution in [0.4, 0.5) is 0 Å². The number of nitrogens with zero attached hydrogens (tertiary/aromatic N) is 2. The van der Waals surface area contributed by atoms with Crippen LogP contribution in [0.15, 0.2) is 18.3 Å². The molecule has 5 heteroatoms. The summed E-state index contributed by atoms with van der Waals surface area (Å²) in [6.07, 6.45) is 1.45. The molecule has 0 aromatic carbocycles. The molecule has 0 saturated carbocycles. The molecule has 1 heterocycles. The number of aromatic hydroxyl groups is 1. The van der Waals surface area contributed by atoms with Crippen molar-refractivity contribution in [3.05, 3.63) is 24.0 Å². The number of rotatable bonds is 8. The van der Waals surface area contributed by atoms with E-state index in [4.69, 9.17) is 9.84 Å². The van der Waals surface area contributed by atoms with Crippen molar-refractivity contribution in [2.75, 3.05) is 40.4 Å². The summed E-state index contributed by atoms with van der Waals surface area (Å²) >= 11 is 0. The predicted molar refractivity (Wildman–Crippen MR) is 67.0 cm³/mol. The summed E-state index contributed by atoms with van der Waals surface area (Å²) in [6, 6.07) is 3.44. The number of hydrogen-bond donors (Lipinski definition) is 2. The van der Waals surface area contributed by atoms with Crippen LogP contribution in [0, 0.1) is 0 Å². The summed E-state index contributed by atoms with van der Waals surface area (Å²) in [4.78, 5) is 6.17. The monoisotopic (exact) mass is 239 g/mol. The van der Waals surface area contributed by atoms with Crippen molar-refractivity contribution in [2.45, 2.75) is 6.54 Å². The third-order valence-electron chi connectivity index (χ3n) is 2.22. The fourth-order valence-corrected chi connectivity index (χ4v) is 1.23. The first kappa shape index (κ1) is 13.9. The van der Waals surface area contributed by atoms with Gasteiger partial charge in [0, 0.05) is 19.6 Å². The zero-order chi connectivity index (χ0) is 12.5. The van der Waals surface area contributed by atoms with Crippen LogP contribution in [0.25, 0.3) is 0 Å². The highest BCUT2D eigenvalue weighted by molar-refractivity contribution is 5.17. The Bertz CT molecular complexity index is 301. The average molecular weight is 239 g/mol. The molecule has 2 N–H and O–H groups in total. The topological polar surface area (TPSA) is 57.6 Å². The number of likely N-dealkylation sites (N-methyl/N-ethyl adjacent to an activating group) is 1. The van der Waals surface area contributed by atoms with E-state index in [9.17, 15) is 0 Å². The Labute approximate surface area is 102 Å². The fourth-order valence-electron chi connectivity index (χ4n) is 1.23. The lowest BCUT2D eigenvalue weighted by Gasteiger charge is -2.10. The smallest absolute Gasteiger partial charge is 0.133 e. The first-order valence-electron chi connectivity index (χ1n) is 5.75. The average Bonchev–Trinajstić information content (AvgIpc) is 2.30. The molecule has 0 radical (unpaired) electrons. The van der Waals surface area contributed by atoms with Gasteiger partial charge in [0.1, 0.15) is 5.75 Å². The second kappa shape index (κ2) is 8.00. The summed E-state index contributed by atoms with van der Waals surface area (Å²) < 4.78 is 5.44. The highest BCUT2D eigenvalue weighted by atomic mass is 16.5. The van der Waals surface area contributed by atoms with E-state index in [-0.39, 0.29) is 5.75 Å². The van der Waals surface area contributed by atoms with Crippen LogP contribution in [0.3, 0.4) is 0 Å². The van der Waals surface area contributed by atoms with Gasteiger partial charge < -0.3 is 20.1 Å². The van der Waals surface area contributed by atoms with Crippen molar-refractivity contribution >= 4 is 0 Å². The van der Waals surface area contributed by atoms with Crippen molar-refractivity contribution in [2.24, 2.45) is 0 Å². The minimum absolute atomic E-state index is 0.195. The SMILES string of the molecule is CN(C)CCOCCNCc1ccc(O)cn1. The van der Waals surface area contributed by atoms with E-state index in [1.54, 1.807) is 12.1 Å². The Morgan fingerprint density at radius 2 is 2.18 bits per heavy atom. The number of hydrogen-bond acceptors (Lipinski definition) is 5. The lowest BCUT2D eigenvalue weighted by atomic mass is 10.3. The zero-order valence-electron chi connectivity index (χ0n) is 10.5. The van der Waals surface area contributed by atoms with Crippen molar-refractivity contribution < 1.29 is 9.84 Å². The van der Waals surface area contributed by atoms with Gasteiger partial charge in [-0.05, 0) is 26.2 Å². The third-order valence-corrected chi connectivity index (χ3v) is 2.22. The van der Waals surface area contributed by atoms with Crippen molar-refractivity contribution in [3.63, 3.8) is 0 Å². The van der Waals surface area contributed by atoms with Gasteiger partial charge in [0.2, 0.25) is 0 Å². The summed E-state index contributed by atoms with van der Waals surface area (Å²) in [7, 11) is 4.05. The number of pyridine rings is 1. The minimum Gasteiger partial charge on any atom is -0.506 e. The highest BCUT2D eigenvalue weighted by Crippen LogP contribution is 2.05. The fraction of sp³-hybridized carbons (Fsp3) is 0.583. The molecule has 0 unspecified atom stereocenters. The van der Waals surface area contributed by atoms with Crippen LogP contribution in [-0.4, -0.2) is 55.4 Å². The molecule has 1 aromatic rings. The van der Waals surface area contributed by atoms with E-state index in [2.05, 4.69) is 15.2 Å². The number of nitrogens with one attached hydrogen (secondary N) is 1. The maximum atomic E-state index is 9.06. The Balaban J connectivity index is 1.99. The first-order chi connectivity index (χ1) is 8.18. The van der Waals surface area contributed by atoms with Gasteiger partial charge in [-0.1, -0.05) is 0 Å². The molecule has 0 aliphatic heterocycles. The summed E-state index contributed by atoms with van der Waals surface area (Å²) in [6.45, 7) is 3.89. The molecule has 0 amide bonds. The van der Waals surface area contributed by atoms with Crippen LogP contribution in [0.5, 0.6) is 5.75 Å². The summed E-state index contributed by atoms with van der Waals surface area (Å²) in [5.74, 6) is 0.195. The number of ether oxygens (including phenoxy) is 1. The van der Waals surface area contributed by atoms with Crippen molar-refractivity contribution in [1.82, 2.24) is 15.2 Å². The lowest BCUT2D eigenvalue weighted by Crippen LogP contribution is -2.23. The van der Waals surface area contributed by atoms with Crippen LogP contribution >= 0.6 is 0 Å². The summed E-state index contributed by atoms with van der Waals surface area (Å²) in [5, 5.41) is 12.3. The quantitative estimate of drug-likeness (QED) is 0.645. The Morgan fingerprint density at radius 1 is 1.35 bits per heavy atom. The van der Waals surface area contributed by atoms with E-state index in [0.717, 1.165) is 25.4 Å². The molecule has 17 heavy (non-hydrogen) atoms. The van der Waals surface area contributed by atoms with Crippen molar-refractivity contribution in [3.8, 4) is 5.75 Å². The normalized spacial score (nSPS) is 11.0. The van der Waals surface area contributed by atoms with Crippen LogP contribution in [-0.2, 0) is 11.3 Å². The van der Waals surface area contributed by atoms with Crippen LogP contribution < -0.4 is 5.32 Å². The van der Waals surface area contributed by atoms with E-state index >= 15 is 0 Å². The van der Waals surface area contributed by atoms with Gasteiger partial charge in [-0.3, -0.25) is 4.98 Å². The standard InChI is InChI=1S/C12H21N3O2/c1-15(2)6-8-17-7-5-13-9-11-3-4-12(16)10-14-11/h3-4,10,13,16H,5-9H2,1-2H3. The van der Waals surface area contributed by atoms with Gasteiger partial charge in [-0.25, -0.2) is 0 Å². The molecule has 0 spiro atoms. The molecule has 96 valence electrons. The van der Waals surface area contributed by atoms with Gasteiger partial charge in [-0.2, -0.15) is 0 Å². The maximum Gasteiger partial charge on any atom is 0.133 e. The molecule has 0 fully saturated rings. The Kier molecular flexibility index (Phi) is 6.54. The second-order valence-corrected chi connectivity index (χ2v) is 4.10. The van der Waals surface area contributed by atoms with Crippen LogP contribution in [0.1, 0.15) is 5.69 Å². The minimum atomic E-state index is 0.195. The van der Waals surface area contributed by atoms with Gasteiger partial charge >= 0.3 is 0 Å². The molecule has 5 nitrogen and oxygen atoms in total. The first-order valence-corrected chi connectivity index (χ1v) is 5.75. The van der Waals surface area contributed by atoms with Gasteiger partial charge in [0.25, 0.3) is 0 Å².